The van der Waals surface area contributed by atoms with Crippen molar-refractivity contribution in [3.05, 3.63) is 41.8 Å². The second kappa shape index (κ2) is 5.60. The molecule has 0 aliphatic carbocycles. The summed E-state index contributed by atoms with van der Waals surface area (Å²) in [5.41, 5.74) is 4.08. The molecule has 0 radical (unpaired) electrons. The fourth-order valence-corrected chi connectivity index (χ4v) is 1.65. The molecule has 21 heavy (non-hydrogen) atoms. The van der Waals surface area contributed by atoms with Crippen molar-refractivity contribution in [1.29, 1.82) is 0 Å². The number of hydrogen-bond acceptors (Lipinski definition) is 3. The molecule has 3 N–H and O–H groups in total. The van der Waals surface area contributed by atoms with Gasteiger partial charge < -0.3 is 11.1 Å². The van der Waals surface area contributed by atoms with Crippen molar-refractivity contribution in [1.82, 2.24) is 9.97 Å². The number of halogens is 4. The van der Waals surface area contributed by atoms with Crippen LogP contribution in [0.15, 0.2) is 30.3 Å². The Hall–Kier alpha value is -2.29. The average molecular weight is 316 g/mol. The van der Waals surface area contributed by atoms with Gasteiger partial charge in [0.25, 0.3) is 0 Å². The van der Waals surface area contributed by atoms with Gasteiger partial charge in [0.2, 0.25) is 5.95 Å². The lowest BCUT2D eigenvalue weighted by Crippen LogP contribution is -2.22. The van der Waals surface area contributed by atoms with Gasteiger partial charge in [-0.3, -0.25) is 0 Å². The minimum Gasteiger partial charge on any atom is -0.376 e. The number of nitrogens with one attached hydrogen (secondary N) is 1. The highest BCUT2D eigenvalue weighted by Gasteiger charge is 2.33. The van der Waals surface area contributed by atoms with Gasteiger partial charge in [-0.15, -0.1) is 0 Å². The SMILES string of the molecule is NC(=S)Nc1nc(-c2cccc(F)c2)cc(C(F)(F)F)n1. The van der Waals surface area contributed by atoms with Crippen molar-refractivity contribution in [3.63, 3.8) is 0 Å². The second-order valence-corrected chi connectivity index (χ2v) is 4.40. The van der Waals surface area contributed by atoms with Gasteiger partial charge in [0.15, 0.2) is 10.8 Å². The van der Waals surface area contributed by atoms with Gasteiger partial charge in [-0.25, -0.2) is 14.4 Å². The molecule has 2 aromatic rings. The van der Waals surface area contributed by atoms with E-state index in [2.05, 4.69) is 27.5 Å². The number of aromatic nitrogens is 2. The maximum atomic E-state index is 13.2. The van der Waals surface area contributed by atoms with E-state index in [1.54, 1.807) is 0 Å². The number of anilines is 1. The molecule has 0 unspecified atom stereocenters. The van der Waals surface area contributed by atoms with E-state index in [-0.39, 0.29) is 16.4 Å². The Kier molecular flexibility index (Phi) is 4.03. The van der Waals surface area contributed by atoms with Crippen molar-refractivity contribution in [2.45, 2.75) is 6.18 Å². The van der Waals surface area contributed by atoms with E-state index in [9.17, 15) is 17.6 Å². The molecule has 1 aromatic carbocycles. The van der Waals surface area contributed by atoms with E-state index >= 15 is 0 Å². The first-order chi connectivity index (χ1) is 9.75. The highest BCUT2D eigenvalue weighted by atomic mass is 32.1. The molecule has 0 aliphatic heterocycles. The number of nitrogens with zero attached hydrogens (tertiary/aromatic N) is 2. The molecule has 0 atom stereocenters. The zero-order valence-electron chi connectivity index (χ0n) is 10.3. The molecule has 0 bridgehead atoms. The van der Waals surface area contributed by atoms with Crippen molar-refractivity contribution in [3.8, 4) is 11.3 Å². The smallest absolute Gasteiger partial charge is 0.376 e. The molecule has 110 valence electrons. The third-order valence-electron chi connectivity index (χ3n) is 2.37. The molecular weight excluding hydrogens is 308 g/mol. The van der Waals surface area contributed by atoms with Crippen LogP contribution in [0.25, 0.3) is 11.3 Å². The van der Waals surface area contributed by atoms with E-state index in [1.807, 2.05) is 0 Å². The zero-order chi connectivity index (χ0) is 15.6. The normalized spacial score (nSPS) is 11.2. The van der Waals surface area contributed by atoms with Crippen molar-refractivity contribution in [2.24, 2.45) is 5.73 Å². The summed E-state index contributed by atoms with van der Waals surface area (Å²) in [6, 6.07) is 5.74. The molecule has 0 saturated heterocycles. The van der Waals surface area contributed by atoms with Gasteiger partial charge in [0, 0.05) is 5.56 Å². The Morgan fingerprint density at radius 1 is 1.19 bits per heavy atom. The van der Waals surface area contributed by atoms with Gasteiger partial charge >= 0.3 is 6.18 Å². The van der Waals surface area contributed by atoms with Crippen LogP contribution in [0.1, 0.15) is 5.69 Å². The lowest BCUT2D eigenvalue weighted by Gasteiger charge is -2.11. The number of alkyl halides is 3. The largest absolute Gasteiger partial charge is 0.433 e. The van der Waals surface area contributed by atoms with E-state index < -0.39 is 23.6 Å². The topological polar surface area (TPSA) is 63.8 Å². The van der Waals surface area contributed by atoms with E-state index in [0.29, 0.717) is 0 Å². The molecule has 0 amide bonds. The minimum atomic E-state index is -4.68. The Morgan fingerprint density at radius 3 is 2.48 bits per heavy atom. The van der Waals surface area contributed by atoms with Crippen molar-refractivity contribution >= 4 is 23.3 Å². The van der Waals surface area contributed by atoms with Crippen LogP contribution < -0.4 is 11.1 Å². The Bertz CT molecular complexity index is 687. The van der Waals surface area contributed by atoms with Gasteiger partial charge in [-0.1, -0.05) is 12.1 Å². The van der Waals surface area contributed by atoms with Crippen LogP contribution in [-0.4, -0.2) is 15.1 Å². The lowest BCUT2D eigenvalue weighted by molar-refractivity contribution is -0.141. The van der Waals surface area contributed by atoms with Crippen LogP contribution in [-0.2, 0) is 6.18 Å². The predicted octanol–water partition coefficient (Wildman–Crippen LogP) is 2.96. The second-order valence-electron chi connectivity index (χ2n) is 3.96. The van der Waals surface area contributed by atoms with Gasteiger partial charge in [-0.05, 0) is 30.4 Å². The van der Waals surface area contributed by atoms with E-state index in [1.165, 1.54) is 18.2 Å². The van der Waals surface area contributed by atoms with Crippen LogP contribution in [0.3, 0.4) is 0 Å². The summed E-state index contributed by atoms with van der Waals surface area (Å²) >= 11 is 4.54. The monoisotopic (exact) mass is 316 g/mol. The van der Waals surface area contributed by atoms with E-state index in [4.69, 9.17) is 5.73 Å². The molecule has 0 aliphatic rings. The first-order valence-electron chi connectivity index (χ1n) is 5.54. The number of benzene rings is 1. The lowest BCUT2D eigenvalue weighted by atomic mass is 10.1. The van der Waals surface area contributed by atoms with Crippen LogP contribution in [0.5, 0.6) is 0 Å². The van der Waals surface area contributed by atoms with Crippen LogP contribution >= 0.6 is 12.2 Å². The fraction of sp³-hybridized carbons (Fsp3) is 0.0833. The van der Waals surface area contributed by atoms with Crippen LogP contribution in [0.2, 0.25) is 0 Å². The minimum absolute atomic E-state index is 0.101. The maximum Gasteiger partial charge on any atom is 0.433 e. The molecule has 0 spiro atoms. The third kappa shape index (κ3) is 3.85. The van der Waals surface area contributed by atoms with Gasteiger partial charge in [0.05, 0.1) is 5.69 Å². The Morgan fingerprint density at radius 2 is 1.90 bits per heavy atom. The summed E-state index contributed by atoms with van der Waals surface area (Å²) in [4.78, 5) is 7.13. The first kappa shape index (κ1) is 15.1. The summed E-state index contributed by atoms with van der Waals surface area (Å²) < 4.78 is 51.6. The number of thiocarbonyl (C=S) groups is 1. The molecule has 2 rings (SSSR count). The summed E-state index contributed by atoms with van der Waals surface area (Å²) in [7, 11) is 0. The number of hydrogen-bond donors (Lipinski definition) is 2. The van der Waals surface area contributed by atoms with Gasteiger partial charge in [0.1, 0.15) is 5.82 Å². The Balaban J connectivity index is 2.57. The summed E-state index contributed by atoms with van der Waals surface area (Å²) in [6.07, 6.45) is -4.68. The number of rotatable bonds is 2. The van der Waals surface area contributed by atoms with Crippen LogP contribution in [0, 0.1) is 5.82 Å². The average Bonchev–Trinajstić information content (AvgIpc) is 2.36. The standard InChI is InChI=1S/C12H8F4N4S/c13-7-3-1-2-6(4-7)8-5-9(12(14,15)16)19-11(18-8)20-10(17)21/h1-5H,(H3,17,18,19,20,21). The van der Waals surface area contributed by atoms with Crippen LogP contribution in [0.4, 0.5) is 23.5 Å². The molecule has 0 fully saturated rings. The van der Waals surface area contributed by atoms with Crippen molar-refractivity contribution in [2.75, 3.05) is 5.32 Å². The highest BCUT2D eigenvalue weighted by Crippen LogP contribution is 2.31. The first-order valence-corrected chi connectivity index (χ1v) is 5.95. The quantitative estimate of drug-likeness (QED) is 0.659. The highest BCUT2D eigenvalue weighted by molar-refractivity contribution is 7.80. The molecule has 9 heteroatoms. The summed E-state index contributed by atoms with van der Waals surface area (Å²) in [5.74, 6) is -1.000. The molecule has 1 aromatic heterocycles. The van der Waals surface area contributed by atoms with E-state index in [0.717, 1.165) is 12.1 Å². The molecule has 0 saturated carbocycles. The third-order valence-corrected chi connectivity index (χ3v) is 2.47. The summed E-state index contributed by atoms with van der Waals surface area (Å²) in [5, 5.41) is 1.96. The summed E-state index contributed by atoms with van der Waals surface area (Å²) in [6.45, 7) is 0. The predicted molar refractivity (Wildman–Crippen MR) is 72.8 cm³/mol. The molecular formula is C12H8F4N4S. The maximum absolute atomic E-state index is 13.2. The van der Waals surface area contributed by atoms with Crippen molar-refractivity contribution < 1.29 is 17.6 Å². The Labute approximate surface area is 122 Å². The van der Waals surface area contributed by atoms with Gasteiger partial charge in [-0.2, -0.15) is 13.2 Å². The number of nitrogens with two attached hydrogens (primary N) is 1. The molecule has 1 heterocycles. The molecule has 4 nitrogen and oxygen atoms in total. The zero-order valence-corrected chi connectivity index (χ0v) is 11.1. The fourth-order valence-electron chi connectivity index (χ4n) is 1.55.